The van der Waals surface area contributed by atoms with E-state index in [4.69, 9.17) is 9.73 Å². The van der Waals surface area contributed by atoms with Gasteiger partial charge in [0.2, 0.25) is 0 Å². The first-order chi connectivity index (χ1) is 29.5. The summed E-state index contributed by atoms with van der Waals surface area (Å²) in [5.74, 6) is 1.79. The smallest absolute Gasteiger partial charge is 0.132 e. The second-order valence-electron chi connectivity index (χ2n) is 16.2. The number of hydrogen-bond acceptors (Lipinski definition) is 2. The van der Waals surface area contributed by atoms with Crippen molar-refractivity contribution in [1.82, 2.24) is 0 Å². The van der Waals surface area contributed by atoms with Crippen molar-refractivity contribution in [3.05, 3.63) is 250 Å². The molecular weight excluding hydrogens is 727 g/mol. The van der Waals surface area contributed by atoms with Crippen molar-refractivity contribution >= 4 is 28.1 Å². The maximum Gasteiger partial charge on any atom is 0.132 e. The molecule has 1 spiro atoms. The van der Waals surface area contributed by atoms with Crippen LogP contribution in [0.3, 0.4) is 0 Å². The van der Waals surface area contributed by atoms with Gasteiger partial charge >= 0.3 is 0 Å². The molecule has 286 valence electrons. The van der Waals surface area contributed by atoms with Crippen molar-refractivity contribution in [1.29, 1.82) is 0 Å². The van der Waals surface area contributed by atoms with E-state index in [1.165, 1.54) is 60.9 Å². The summed E-state index contributed by atoms with van der Waals surface area (Å²) in [6.45, 7) is 8.73. The number of para-hydroxylation sites is 1. The van der Waals surface area contributed by atoms with Gasteiger partial charge in [0.05, 0.1) is 17.2 Å². The third-order valence-electron chi connectivity index (χ3n) is 13.0. The molecule has 0 radical (unpaired) electrons. The van der Waals surface area contributed by atoms with E-state index in [1.54, 1.807) is 0 Å². The van der Waals surface area contributed by atoms with E-state index < -0.39 is 5.41 Å². The fraction of sp³-hybridized carbons (Fsp3) is 0.0862. The summed E-state index contributed by atoms with van der Waals surface area (Å²) >= 11 is 0. The number of benzene rings is 8. The lowest BCUT2D eigenvalue weighted by Crippen LogP contribution is -2.32. The number of aliphatic imine (C=N–C) groups is 1. The molecule has 1 atom stereocenters. The molecule has 1 aliphatic heterocycles. The summed E-state index contributed by atoms with van der Waals surface area (Å²) in [4.78, 5) is 5.58. The van der Waals surface area contributed by atoms with Crippen LogP contribution in [0.15, 0.2) is 205 Å². The van der Waals surface area contributed by atoms with Gasteiger partial charge in [-0.25, -0.2) is 0 Å². The van der Waals surface area contributed by atoms with E-state index in [2.05, 4.69) is 209 Å². The van der Waals surface area contributed by atoms with Gasteiger partial charge in [-0.2, -0.15) is 0 Å². The topological polar surface area (TPSA) is 21.6 Å². The Bertz CT molecular complexity index is 3080. The van der Waals surface area contributed by atoms with Crippen LogP contribution in [-0.4, -0.2) is 5.71 Å². The van der Waals surface area contributed by atoms with Crippen LogP contribution in [-0.2, 0) is 11.8 Å². The zero-order valence-corrected chi connectivity index (χ0v) is 33.8. The minimum absolute atomic E-state index is 0.241. The monoisotopic (exact) mass is 769 g/mol. The lowest BCUT2D eigenvalue weighted by Gasteiger charge is -2.39. The van der Waals surface area contributed by atoms with E-state index in [1.807, 2.05) is 6.08 Å². The third kappa shape index (κ3) is 5.52. The molecule has 0 aromatic heterocycles. The summed E-state index contributed by atoms with van der Waals surface area (Å²) in [5, 5.41) is 2.59. The highest BCUT2D eigenvalue weighted by atomic mass is 16.5. The zero-order chi connectivity index (χ0) is 40.4. The second-order valence-corrected chi connectivity index (χ2v) is 16.2. The molecule has 8 aromatic rings. The highest BCUT2D eigenvalue weighted by molar-refractivity contribution is 6.16. The van der Waals surface area contributed by atoms with E-state index in [0.717, 1.165) is 57.0 Å². The molecule has 0 bridgehead atoms. The molecule has 11 rings (SSSR count). The largest absolute Gasteiger partial charge is 0.457 e. The minimum Gasteiger partial charge on any atom is -0.457 e. The average molecular weight is 770 g/mol. The van der Waals surface area contributed by atoms with Crippen LogP contribution in [0.4, 0.5) is 0 Å². The summed E-state index contributed by atoms with van der Waals surface area (Å²) in [6, 6.07) is 63.6. The van der Waals surface area contributed by atoms with Crippen molar-refractivity contribution in [3.63, 3.8) is 0 Å². The van der Waals surface area contributed by atoms with Crippen LogP contribution in [0.25, 0.3) is 44.7 Å². The lowest BCUT2D eigenvalue weighted by atomic mass is 9.66. The van der Waals surface area contributed by atoms with E-state index in [0.29, 0.717) is 0 Å². The minimum atomic E-state index is -0.512. The molecule has 2 aliphatic carbocycles. The number of nitrogens with zero attached hydrogens (tertiary/aromatic N) is 1. The number of fused-ring (bicyclic) bond motifs is 9. The molecule has 1 unspecified atom stereocenters. The van der Waals surface area contributed by atoms with Crippen LogP contribution in [0.2, 0.25) is 0 Å². The van der Waals surface area contributed by atoms with Crippen LogP contribution in [0.1, 0.15) is 70.0 Å². The molecule has 8 aromatic carbocycles. The predicted molar refractivity (Wildman–Crippen MR) is 250 cm³/mol. The van der Waals surface area contributed by atoms with E-state index in [-0.39, 0.29) is 6.04 Å². The highest BCUT2D eigenvalue weighted by Crippen LogP contribution is 2.62. The third-order valence-corrected chi connectivity index (χ3v) is 13.0. The van der Waals surface area contributed by atoms with Crippen molar-refractivity contribution in [2.24, 2.45) is 4.99 Å². The Morgan fingerprint density at radius 3 is 2.03 bits per heavy atom. The molecule has 3 aliphatic rings. The maximum atomic E-state index is 6.72. The van der Waals surface area contributed by atoms with Crippen LogP contribution < -0.4 is 4.74 Å². The lowest BCUT2D eigenvalue weighted by molar-refractivity contribution is 0.436. The number of hydrogen-bond donors (Lipinski definition) is 0. The fourth-order valence-corrected chi connectivity index (χ4v) is 10.1. The molecule has 0 N–H and O–H groups in total. The molecule has 0 fully saturated rings. The standard InChI is InChI=1S/C58H43NO/c1-4-53(46-34-44-20-14-18-41-19-15-21-45(35-46)56(41)44)59-57(38(3)37(2)39-16-6-5-7-17-39)42-30-28-40(29-31-42)43-32-33-55-52(36-43)58(51-26-12-13-27-54(51)60-55)49-24-10-8-22-47(49)48-23-9-11-25-50(48)58/h4-18,20-36,53H,1,19H2,2-3H3/b38-37+,59-57+. The summed E-state index contributed by atoms with van der Waals surface area (Å²) in [6.07, 6.45) is 7.46. The van der Waals surface area contributed by atoms with Crippen molar-refractivity contribution in [2.45, 2.75) is 31.7 Å². The van der Waals surface area contributed by atoms with Gasteiger partial charge in [0.1, 0.15) is 11.5 Å². The van der Waals surface area contributed by atoms with Gasteiger partial charge in [-0.3, -0.25) is 4.99 Å². The van der Waals surface area contributed by atoms with Gasteiger partial charge in [-0.15, -0.1) is 6.58 Å². The van der Waals surface area contributed by atoms with E-state index >= 15 is 0 Å². The molecule has 0 saturated heterocycles. The summed E-state index contributed by atoms with van der Waals surface area (Å²) in [5.41, 5.74) is 18.5. The number of rotatable bonds is 7. The Morgan fingerprint density at radius 2 is 1.28 bits per heavy atom. The Labute approximate surface area is 352 Å². The first-order valence-electron chi connectivity index (χ1n) is 20.9. The zero-order valence-electron chi connectivity index (χ0n) is 33.8. The Kier molecular flexibility index (Phi) is 8.49. The molecular formula is C58H43NO. The van der Waals surface area contributed by atoms with Crippen LogP contribution in [0.5, 0.6) is 11.5 Å². The number of allylic oxidation sites excluding steroid dienone is 3. The number of ether oxygens (including phenoxy) is 1. The second kappa shape index (κ2) is 14.2. The molecule has 0 saturated carbocycles. The maximum absolute atomic E-state index is 6.72. The SMILES string of the molecule is C=CC(/N=C(\C(C)=C(/C)c1ccccc1)c1ccc(-c2ccc3c(c2)C2(c4ccccc4O3)c3ccccc3-c3ccccc32)cc1)c1cc2c3c(cccc3c1)CC=C2. The van der Waals surface area contributed by atoms with Gasteiger partial charge in [0.25, 0.3) is 0 Å². The summed E-state index contributed by atoms with van der Waals surface area (Å²) < 4.78 is 6.72. The van der Waals surface area contributed by atoms with Crippen LogP contribution >= 0.6 is 0 Å². The molecule has 0 amide bonds. The highest BCUT2D eigenvalue weighted by Gasteiger charge is 2.51. The van der Waals surface area contributed by atoms with Crippen molar-refractivity contribution < 1.29 is 4.74 Å². The van der Waals surface area contributed by atoms with Crippen molar-refractivity contribution in [3.8, 4) is 33.8 Å². The van der Waals surface area contributed by atoms with Gasteiger partial charge < -0.3 is 4.74 Å². The van der Waals surface area contributed by atoms with Gasteiger partial charge in [0.15, 0.2) is 0 Å². The van der Waals surface area contributed by atoms with Gasteiger partial charge in [-0.05, 0) is 128 Å². The Balaban J connectivity index is 1.04. The summed E-state index contributed by atoms with van der Waals surface area (Å²) in [7, 11) is 0. The first-order valence-corrected chi connectivity index (χ1v) is 20.9. The molecule has 1 heterocycles. The van der Waals surface area contributed by atoms with E-state index in [9.17, 15) is 0 Å². The van der Waals surface area contributed by atoms with Gasteiger partial charge in [0, 0.05) is 16.7 Å². The normalized spacial score (nSPS) is 15.0. The first kappa shape index (κ1) is 35.8. The van der Waals surface area contributed by atoms with Crippen LogP contribution in [0, 0.1) is 0 Å². The predicted octanol–water partition coefficient (Wildman–Crippen LogP) is 14.8. The average Bonchev–Trinajstić information content (AvgIpc) is 3.60. The van der Waals surface area contributed by atoms with Crippen molar-refractivity contribution in [2.75, 3.05) is 0 Å². The molecule has 2 heteroatoms. The molecule has 60 heavy (non-hydrogen) atoms. The van der Waals surface area contributed by atoms with Gasteiger partial charge in [-0.1, -0.05) is 164 Å². The Hall–Kier alpha value is -7.29. The molecule has 2 nitrogen and oxygen atoms in total. The Morgan fingerprint density at radius 1 is 0.617 bits per heavy atom. The fourth-order valence-electron chi connectivity index (χ4n) is 10.1. The quantitative estimate of drug-likeness (QED) is 0.117.